The van der Waals surface area contributed by atoms with E-state index in [2.05, 4.69) is 10.1 Å². The third-order valence-electron chi connectivity index (χ3n) is 2.83. The number of hydrogen-bond donors (Lipinski definition) is 1. The van der Waals surface area contributed by atoms with Crippen LogP contribution in [-0.4, -0.2) is 10.1 Å². The van der Waals surface area contributed by atoms with Gasteiger partial charge in [-0.05, 0) is 30.3 Å². The molecule has 6 heteroatoms. The number of halogens is 1. The van der Waals surface area contributed by atoms with Crippen molar-refractivity contribution in [2.75, 3.05) is 5.73 Å². The molecule has 0 amide bonds. The van der Waals surface area contributed by atoms with Crippen molar-refractivity contribution in [2.24, 2.45) is 0 Å². The molecule has 0 saturated carbocycles. The van der Waals surface area contributed by atoms with Crippen molar-refractivity contribution in [3.8, 4) is 11.5 Å². The Labute approximate surface area is 131 Å². The summed E-state index contributed by atoms with van der Waals surface area (Å²) in [5.41, 5.74) is 6.97. The van der Waals surface area contributed by atoms with Crippen molar-refractivity contribution < 1.29 is 4.52 Å². The van der Waals surface area contributed by atoms with Gasteiger partial charge in [-0.1, -0.05) is 35.0 Å². The van der Waals surface area contributed by atoms with E-state index in [1.165, 1.54) is 4.90 Å². The molecule has 2 N–H and O–H groups in total. The molecule has 0 unspecified atom stereocenters. The van der Waals surface area contributed by atoms with E-state index in [9.17, 15) is 0 Å². The zero-order chi connectivity index (χ0) is 14.7. The van der Waals surface area contributed by atoms with Crippen LogP contribution in [-0.2, 0) is 5.75 Å². The van der Waals surface area contributed by atoms with Gasteiger partial charge in [0.25, 0.3) is 5.89 Å². The van der Waals surface area contributed by atoms with Gasteiger partial charge in [0.2, 0.25) is 0 Å². The Kier molecular flexibility index (Phi) is 4.13. The number of benzene rings is 2. The van der Waals surface area contributed by atoms with Gasteiger partial charge in [-0.25, -0.2) is 0 Å². The summed E-state index contributed by atoms with van der Waals surface area (Å²) in [6.07, 6.45) is 0. The molecule has 0 spiro atoms. The van der Waals surface area contributed by atoms with Crippen LogP contribution in [0.2, 0.25) is 5.02 Å². The summed E-state index contributed by atoms with van der Waals surface area (Å²) in [6, 6.07) is 15.3. The minimum Gasteiger partial charge on any atom is -0.398 e. The van der Waals surface area contributed by atoms with Crippen LogP contribution in [0.25, 0.3) is 11.5 Å². The van der Waals surface area contributed by atoms with E-state index in [1.54, 1.807) is 23.9 Å². The van der Waals surface area contributed by atoms with Gasteiger partial charge < -0.3 is 10.3 Å². The molecular formula is C15H12ClN3OS. The maximum atomic E-state index is 5.99. The number of hydrogen-bond acceptors (Lipinski definition) is 5. The molecule has 0 aliphatic rings. The molecule has 21 heavy (non-hydrogen) atoms. The Balaban J connectivity index is 1.72. The molecule has 3 aromatic rings. The lowest BCUT2D eigenvalue weighted by Gasteiger charge is -1.98. The molecule has 0 aliphatic carbocycles. The highest BCUT2D eigenvalue weighted by molar-refractivity contribution is 7.98. The standard InChI is InChI=1S/C15H12ClN3OS/c16-12-8-10(6-7-13(12)17)15-18-14(19-20-15)9-21-11-4-2-1-3-5-11/h1-8H,9,17H2. The Bertz CT molecular complexity index is 746. The van der Waals surface area contributed by atoms with Crippen molar-refractivity contribution in [3.05, 3.63) is 59.4 Å². The fourth-order valence-electron chi connectivity index (χ4n) is 1.75. The second-order valence-corrected chi connectivity index (χ2v) is 5.81. The number of aromatic nitrogens is 2. The van der Waals surface area contributed by atoms with Gasteiger partial charge in [0.1, 0.15) is 0 Å². The van der Waals surface area contributed by atoms with Crippen LogP contribution >= 0.6 is 23.4 Å². The van der Waals surface area contributed by atoms with Crippen molar-refractivity contribution >= 4 is 29.1 Å². The van der Waals surface area contributed by atoms with Gasteiger partial charge in [0.05, 0.1) is 16.5 Å². The predicted octanol–water partition coefficient (Wildman–Crippen LogP) is 4.26. The van der Waals surface area contributed by atoms with Gasteiger partial charge in [-0.2, -0.15) is 4.98 Å². The maximum Gasteiger partial charge on any atom is 0.258 e. The molecule has 0 aliphatic heterocycles. The Morgan fingerprint density at radius 3 is 2.71 bits per heavy atom. The zero-order valence-electron chi connectivity index (χ0n) is 11.0. The van der Waals surface area contributed by atoms with Crippen LogP contribution in [0.5, 0.6) is 0 Å². The lowest BCUT2D eigenvalue weighted by Crippen LogP contribution is -1.87. The number of nitrogens with zero attached hydrogens (tertiary/aromatic N) is 2. The van der Waals surface area contributed by atoms with Crippen LogP contribution in [0.15, 0.2) is 57.9 Å². The van der Waals surface area contributed by atoms with Crippen LogP contribution in [0.1, 0.15) is 5.82 Å². The van der Waals surface area contributed by atoms with Crippen LogP contribution in [0.4, 0.5) is 5.69 Å². The first-order valence-electron chi connectivity index (χ1n) is 6.28. The first-order chi connectivity index (χ1) is 10.2. The Morgan fingerprint density at radius 2 is 1.95 bits per heavy atom. The molecule has 0 atom stereocenters. The fraction of sp³-hybridized carbons (Fsp3) is 0.0667. The monoisotopic (exact) mass is 317 g/mol. The van der Waals surface area contributed by atoms with E-state index in [4.69, 9.17) is 21.9 Å². The molecule has 1 aromatic heterocycles. The summed E-state index contributed by atoms with van der Waals surface area (Å²) in [5, 5.41) is 4.46. The second kappa shape index (κ2) is 6.20. The number of nitrogen functional groups attached to an aromatic ring is 1. The number of anilines is 1. The SMILES string of the molecule is Nc1ccc(-c2nc(CSc3ccccc3)no2)cc1Cl. The molecule has 106 valence electrons. The first kappa shape index (κ1) is 14.0. The lowest BCUT2D eigenvalue weighted by atomic mass is 10.2. The normalized spacial score (nSPS) is 10.7. The van der Waals surface area contributed by atoms with Crippen LogP contribution in [0.3, 0.4) is 0 Å². The lowest BCUT2D eigenvalue weighted by molar-refractivity contribution is 0.425. The smallest absolute Gasteiger partial charge is 0.258 e. The van der Waals surface area contributed by atoms with Gasteiger partial charge >= 0.3 is 0 Å². The third-order valence-corrected chi connectivity index (χ3v) is 4.16. The number of nitrogens with two attached hydrogens (primary N) is 1. The molecule has 4 nitrogen and oxygen atoms in total. The molecule has 0 bridgehead atoms. The molecule has 0 saturated heterocycles. The van der Waals surface area contributed by atoms with Gasteiger partial charge in [0, 0.05) is 10.5 Å². The summed E-state index contributed by atoms with van der Waals surface area (Å²) >= 11 is 7.65. The number of thioether (sulfide) groups is 1. The minimum absolute atomic E-state index is 0.445. The van der Waals surface area contributed by atoms with Gasteiger partial charge in [-0.15, -0.1) is 11.8 Å². The highest BCUT2D eigenvalue weighted by atomic mass is 35.5. The van der Waals surface area contributed by atoms with E-state index in [-0.39, 0.29) is 0 Å². The van der Waals surface area contributed by atoms with Crippen molar-refractivity contribution in [1.29, 1.82) is 0 Å². The molecular weight excluding hydrogens is 306 g/mol. The molecule has 2 aromatic carbocycles. The van der Waals surface area contributed by atoms with Crippen molar-refractivity contribution in [3.63, 3.8) is 0 Å². The summed E-state index contributed by atoms with van der Waals surface area (Å²) in [6.45, 7) is 0. The van der Waals surface area contributed by atoms with Crippen molar-refractivity contribution in [1.82, 2.24) is 10.1 Å². The average Bonchev–Trinajstić information content (AvgIpc) is 2.98. The zero-order valence-corrected chi connectivity index (χ0v) is 12.6. The topological polar surface area (TPSA) is 64.9 Å². The highest BCUT2D eigenvalue weighted by Crippen LogP contribution is 2.27. The third kappa shape index (κ3) is 3.37. The summed E-state index contributed by atoms with van der Waals surface area (Å²) in [5.74, 6) is 1.74. The van der Waals surface area contributed by atoms with E-state index in [1.807, 2.05) is 36.4 Å². The van der Waals surface area contributed by atoms with Crippen LogP contribution < -0.4 is 5.73 Å². The van der Waals surface area contributed by atoms with Gasteiger partial charge in [0.15, 0.2) is 5.82 Å². The predicted molar refractivity (Wildman–Crippen MR) is 85.2 cm³/mol. The molecule has 0 radical (unpaired) electrons. The molecule has 3 rings (SSSR count). The average molecular weight is 318 g/mol. The van der Waals surface area contributed by atoms with Gasteiger partial charge in [-0.3, -0.25) is 0 Å². The summed E-state index contributed by atoms with van der Waals surface area (Å²) < 4.78 is 5.26. The minimum atomic E-state index is 0.445. The Morgan fingerprint density at radius 1 is 1.14 bits per heavy atom. The van der Waals surface area contributed by atoms with E-state index in [0.717, 1.165) is 5.56 Å². The second-order valence-electron chi connectivity index (χ2n) is 4.35. The first-order valence-corrected chi connectivity index (χ1v) is 7.64. The molecule has 0 fully saturated rings. The summed E-state index contributed by atoms with van der Waals surface area (Å²) in [7, 11) is 0. The Hall–Kier alpha value is -1.98. The van der Waals surface area contributed by atoms with Crippen LogP contribution in [0, 0.1) is 0 Å². The quantitative estimate of drug-likeness (QED) is 0.575. The fourth-order valence-corrected chi connectivity index (χ4v) is 2.70. The highest BCUT2D eigenvalue weighted by Gasteiger charge is 2.10. The number of rotatable bonds is 4. The van der Waals surface area contributed by atoms with Crippen molar-refractivity contribution in [2.45, 2.75) is 10.6 Å². The van der Waals surface area contributed by atoms with E-state index >= 15 is 0 Å². The summed E-state index contributed by atoms with van der Waals surface area (Å²) in [4.78, 5) is 5.53. The van der Waals surface area contributed by atoms with E-state index in [0.29, 0.717) is 28.2 Å². The largest absolute Gasteiger partial charge is 0.398 e. The maximum absolute atomic E-state index is 5.99. The molecule has 1 heterocycles. The van der Waals surface area contributed by atoms with E-state index < -0.39 is 0 Å².